The molecule has 0 amide bonds. The molecule has 0 radical (unpaired) electrons. The summed E-state index contributed by atoms with van der Waals surface area (Å²) in [6.07, 6.45) is 4.56. The summed E-state index contributed by atoms with van der Waals surface area (Å²) in [6.45, 7) is 6.38. The quantitative estimate of drug-likeness (QED) is 0.752. The Morgan fingerprint density at radius 1 is 1.42 bits per heavy atom. The number of nitrogens with one attached hydrogen (secondary N) is 1. The number of hydrogen-bond donors (Lipinski definition) is 2. The van der Waals surface area contributed by atoms with Gasteiger partial charge in [0.25, 0.3) is 0 Å². The van der Waals surface area contributed by atoms with Crippen molar-refractivity contribution in [2.24, 2.45) is 11.1 Å². The van der Waals surface area contributed by atoms with Gasteiger partial charge >= 0.3 is 0 Å². The maximum absolute atomic E-state index is 5.65. The van der Waals surface area contributed by atoms with E-state index in [1.165, 1.54) is 12.8 Å². The van der Waals surface area contributed by atoms with Gasteiger partial charge in [0.05, 0.1) is 6.61 Å². The van der Waals surface area contributed by atoms with Gasteiger partial charge in [-0.2, -0.15) is 4.98 Å². The van der Waals surface area contributed by atoms with E-state index >= 15 is 0 Å². The minimum Gasteiger partial charge on any atom is -0.478 e. The van der Waals surface area contributed by atoms with E-state index in [0.29, 0.717) is 23.9 Å². The maximum Gasteiger partial charge on any atom is 0.226 e. The van der Waals surface area contributed by atoms with Crippen LogP contribution in [-0.4, -0.2) is 29.7 Å². The molecular formula is C14H24N4O. The monoisotopic (exact) mass is 264 g/mol. The minimum atomic E-state index is 0.381. The molecular weight excluding hydrogens is 240 g/mol. The highest BCUT2D eigenvalue weighted by atomic mass is 16.5. The van der Waals surface area contributed by atoms with E-state index in [1.54, 1.807) is 0 Å². The zero-order valence-electron chi connectivity index (χ0n) is 11.9. The molecule has 1 aromatic rings. The predicted octanol–water partition coefficient (Wildman–Crippen LogP) is 2.11. The Kier molecular flexibility index (Phi) is 4.58. The maximum atomic E-state index is 5.65. The molecule has 0 atom stereocenters. The molecule has 3 N–H and O–H groups in total. The van der Waals surface area contributed by atoms with Gasteiger partial charge < -0.3 is 15.8 Å². The highest BCUT2D eigenvalue weighted by Gasteiger charge is 2.41. The first-order valence-corrected chi connectivity index (χ1v) is 7.10. The fraction of sp³-hybridized carbons (Fsp3) is 0.714. The smallest absolute Gasteiger partial charge is 0.226 e. The number of nitrogens with zero attached hydrogens (tertiary/aromatic N) is 2. The van der Waals surface area contributed by atoms with Crippen molar-refractivity contribution in [2.45, 2.75) is 39.5 Å². The van der Waals surface area contributed by atoms with Crippen molar-refractivity contribution in [2.75, 3.05) is 25.0 Å². The van der Waals surface area contributed by atoms with E-state index in [-0.39, 0.29) is 0 Å². The van der Waals surface area contributed by atoms with Gasteiger partial charge in [0.15, 0.2) is 0 Å². The molecule has 19 heavy (non-hydrogen) atoms. The molecule has 1 heterocycles. The van der Waals surface area contributed by atoms with Crippen LogP contribution in [0.15, 0.2) is 6.07 Å². The third-order valence-corrected chi connectivity index (χ3v) is 3.54. The van der Waals surface area contributed by atoms with Crippen molar-refractivity contribution in [3.63, 3.8) is 0 Å². The number of aromatic nitrogens is 2. The van der Waals surface area contributed by atoms with Crippen LogP contribution < -0.4 is 15.8 Å². The first-order valence-electron chi connectivity index (χ1n) is 7.10. The van der Waals surface area contributed by atoms with Crippen LogP contribution in [0.4, 0.5) is 5.95 Å². The Morgan fingerprint density at radius 3 is 2.84 bits per heavy atom. The average molecular weight is 264 g/mol. The zero-order valence-corrected chi connectivity index (χ0v) is 11.9. The average Bonchev–Trinajstić information content (AvgIpc) is 3.14. The van der Waals surface area contributed by atoms with Crippen LogP contribution in [0.3, 0.4) is 0 Å². The molecule has 2 rings (SSSR count). The first kappa shape index (κ1) is 14.1. The van der Waals surface area contributed by atoms with E-state index in [9.17, 15) is 0 Å². The Bertz CT molecular complexity index is 418. The van der Waals surface area contributed by atoms with Crippen molar-refractivity contribution in [1.29, 1.82) is 0 Å². The van der Waals surface area contributed by atoms with Crippen LogP contribution in [0.25, 0.3) is 0 Å². The van der Waals surface area contributed by atoms with Crippen LogP contribution in [0.2, 0.25) is 0 Å². The third-order valence-electron chi connectivity index (χ3n) is 3.54. The molecule has 5 heteroatoms. The molecule has 106 valence electrons. The lowest BCUT2D eigenvalue weighted by Gasteiger charge is -2.15. The van der Waals surface area contributed by atoms with Crippen molar-refractivity contribution in [3.05, 3.63) is 11.8 Å². The minimum absolute atomic E-state index is 0.381. The highest BCUT2D eigenvalue weighted by Crippen LogP contribution is 2.48. The standard InChI is InChI=1S/C14H24N4O/c1-3-8-19-12-9-11(2)17-13(18-12)16-10-14(4-5-14)6-7-15/h9H,3-8,10,15H2,1-2H3,(H,16,17,18). The normalized spacial score (nSPS) is 16.2. The number of aryl methyl sites for hydroxylation is 1. The molecule has 5 nitrogen and oxygen atoms in total. The van der Waals surface area contributed by atoms with Crippen molar-refractivity contribution < 1.29 is 4.74 Å². The highest BCUT2D eigenvalue weighted by molar-refractivity contribution is 5.31. The summed E-state index contributed by atoms with van der Waals surface area (Å²) in [7, 11) is 0. The molecule has 1 aromatic heterocycles. The second-order valence-corrected chi connectivity index (χ2v) is 5.41. The molecule has 0 unspecified atom stereocenters. The van der Waals surface area contributed by atoms with Crippen LogP contribution in [0.5, 0.6) is 5.88 Å². The van der Waals surface area contributed by atoms with E-state index < -0.39 is 0 Å². The molecule has 0 bridgehead atoms. The summed E-state index contributed by atoms with van der Waals surface area (Å²) in [4.78, 5) is 8.79. The lowest BCUT2D eigenvalue weighted by Crippen LogP contribution is -2.20. The second-order valence-electron chi connectivity index (χ2n) is 5.41. The second kappa shape index (κ2) is 6.19. The number of anilines is 1. The van der Waals surface area contributed by atoms with E-state index in [2.05, 4.69) is 22.2 Å². The van der Waals surface area contributed by atoms with Crippen LogP contribution in [0, 0.1) is 12.3 Å². The van der Waals surface area contributed by atoms with Crippen molar-refractivity contribution >= 4 is 5.95 Å². The molecule has 1 fully saturated rings. The number of ether oxygens (including phenoxy) is 1. The fourth-order valence-corrected chi connectivity index (χ4v) is 2.16. The van der Waals surface area contributed by atoms with Crippen molar-refractivity contribution in [3.8, 4) is 5.88 Å². The third kappa shape index (κ3) is 4.06. The molecule has 0 spiro atoms. The summed E-state index contributed by atoms with van der Waals surface area (Å²) >= 11 is 0. The van der Waals surface area contributed by atoms with Crippen molar-refractivity contribution in [1.82, 2.24) is 9.97 Å². The summed E-state index contributed by atoms with van der Waals surface area (Å²) in [5, 5.41) is 3.33. The Labute approximate surface area is 115 Å². The van der Waals surface area contributed by atoms with Gasteiger partial charge in [-0.05, 0) is 44.6 Å². The fourth-order valence-electron chi connectivity index (χ4n) is 2.16. The van der Waals surface area contributed by atoms with Gasteiger partial charge in [0.1, 0.15) is 0 Å². The van der Waals surface area contributed by atoms with Gasteiger partial charge in [-0.3, -0.25) is 0 Å². The molecule has 1 aliphatic rings. The summed E-state index contributed by atoms with van der Waals surface area (Å²) in [6, 6.07) is 1.87. The van der Waals surface area contributed by atoms with Gasteiger partial charge in [-0.25, -0.2) is 4.98 Å². The van der Waals surface area contributed by atoms with Crippen LogP contribution in [-0.2, 0) is 0 Å². The van der Waals surface area contributed by atoms with E-state index in [1.807, 2.05) is 13.0 Å². The van der Waals surface area contributed by atoms with Crippen LogP contribution in [0.1, 0.15) is 38.3 Å². The molecule has 0 aromatic carbocycles. The van der Waals surface area contributed by atoms with Crippen LogP contribution >= 0.6 is 0 Å². The zero-order chi connectivity index (χ0) is 13.7. The predicted molar refractivity (Wildman–Crippen MR) is 76.4 cm³/mol. The van der Waals surface area contributed by atoms with Gasteiger partial charge in [0, 0.05) is 18.3 Å². The van der Waals surface area contributed by atoms with E-state index in [0.717, 1.165) is 31.6 Å². The summed E-state index contributed by atoms with van der Waals surface area (Å²) in [5.74, 6) is 1.31. The molecule has 0 aliphatic heterocycles. The Morgan fingerprint density at radius 2 is 2.21 bits per heavy atom. The Hall–Kier alpha value is -1.36. The first-order chi connectivity index (χ1) is 9.17. The summed E-state index contributed by atoms with van der Waals surface area (Å²) < 4.78 is 5.56. The molecule has 0 saturated heterocycles. The lowest BCUT2D eigenvalue weighted by molar-refractivity contribution is 0.304. The van der Waals surface area contributed by atoms with Gasteiger partial charge in [-0.1, -0.05) is 6.92 Å². The molecule has 1 saturated carbocycles. The Balaban J connectivity index is 1.94. The number of hydrogen-bond acceptors (Lipinski definition) is 5. The van der Waals surface area contributed by atoms with Gasteiger partial charge in [-0.15, -0.1) is 0 Å². The number of rotatable bonds is 8. The lowest BCUT2D eigenvalue weighted by atomic mass is 10.0. The largest absolute Gasteiger partial charge is 0.478 e. The molecule has 1 aliphatic carbocycles. The van der Waals surface area contributed by atoms with E-state index in [4.69, 9.17) is 10.5 Å². The number of nitrogens with two attached hydrogens (primary N) is 1. The van der Waals surface area contributed by atoms with Gasteiger partial charge in [0.2, 0.25) is 11.8 Å². The SMILES string of the molecule is CCCOc1cc(C)nc(NCC2(CCN)CC2)n1. The topological polar surface area (TPSA) is 73.1 Å². The summed E-state index contributed by atoms with van der Waals surface area (Å²) in [5.41, 5.74) is 6.95.